The van der Waals surface area contributed by atoms with Gasteiger partial charge in [0.2, 0.25) is 0 Å². The van der Waals surface area contributed by atoms with Crippen LogP contribution in [0, 0.1) is 0 Å². The fourth-order valence-corrected chi connectivity index (χ4v) is 0.728. The van der Waals surface area contributed by atoms with E-state index < -0.39 is 12.5 Å². The number of anilines is 2. The normalized spacial score (nSPS) is 12.9. The lowest BCUT2D eigenvalue weighted by molar-refractivity contribution is 0.00380. The average Bonchev–Trinajstić information content (AvgIpc) is 2.16. The Kier molecular flexibility index (Phi) is 3.52. The van der Waals surface area contributed by atoms with Crippen molar-refractivity contribution >= 4 is 11.6 Å². The van der Waals surface area contributed by atoms with Crippen molar-refractivity contribution in [1.82, 2.24) is 9.97 Å². The molecule has 0 aliphatic carbocycles. The summed E-state index contributed by atoms with van der Waals surface area (Å²) in [6, 6.07) is 0. The van der Waals surface area contributed by atoms with Crippen molar-refractivity contribution in [3.8, 4) is 0 Å². The lowest BCUT2D eigenvalue weighted by Crippen LogP contribution is -2.27. The highest BCUT2D eigenvalue weighted by atomic mass is 19.3. The fourth-order valence-electron chi connectivity index (χ4n) is 0.728. The molecule has 0 fully saturated rings. The van der Waals surface area contributed by atoms with E-state index in [0.717, 1.165) is 0 Å². The van der Waals surface area contributed by atoms with Crippen LogP contribution >= 0.6 is 0 Å². The van der Waals surface area contributed by atoms with Gasteiger partial charge in [-0.25, -0.2) is 18.7 Å². The number of nitrogens with two attached hydrogens (primary N) is 1. The maximum Gasteiger partial charge on any atom is 0.265 e. The summed E-state index contributed by atoms with van der Waals surface area (Å²) >= 11 is 0. The Bertz CT molecular complexity index is 280. The van der Waals surface area contributed by atoms with Crippen molar-refractivity contribution in [3.63, 3.8) is 0 Å². The number of rotatable bonds is 4. The number of aliphatic hydroxyl groups excluding tert-OH is 1. The van der Waals surface area contributed by atoms with Gasteiger partial charge in [0, 0.05) is 6.54 Å². The number of hydrogen-bond donors (Lipinski definition) is 3. The summed E-state index contributed by atoms with van der Waals surface area (Å²) in [5.74, 6) is 0.531. The molecule has 1 aromatic rings. The van der Waals surface area contributed by atoms with E-state index in [-0.39, 0.29) is 12.4 Å². The number of nitrogens with one attached hydrogen (secondary N) is 1. The van der Waals surface area contributed by atoms with Crippen molar-refractivity contribution < 1.29 is 13.9 Å². The summed E-state index contributed by atoms with van der Waals surface area (Å²) in [4.78, 5) is 7.44. The minimum absolute atomic E-state index is 0.241. The second kappa shape index (κ2) is 4.66. The zero-order valence-electron chi connectivity index (χ0n) is 7.19. The van der Waals surface area contributed by atoms with E-state index >= 15 is 0 Å². The maximum atomic E-state index is 11.8. The van der Waals surface area contributed by atoms with Crippen LogP contribution in [-0.2, 0) is 0 Å². The minimum Gasteiger partial charge on any atom is -0.385 e. The van der Waals surface area contributed by atoms with Gasteiger partial charge in [-0.05, 0) is 0 Å². The Labute approximate surface area is 79.0 Å². The zero-order valence-corrected chi connectivity index (χ0v) is 7.19. The first-order valence-electron chi connectivity index (χ1n) is 3.87. The van der Waals surface area contributed by atoms with E-state index in [1.807, 2.05) is 0 Å². The summed E-state index contributed by atoms with van der Waals surface area (Å²) in [5, 5.41) is 11.3. The molecule has 14 heavy (non-hydrogen) atoms. The SMILES string of the molecule is Nc1cnc(NCC(O)C(F)F)cn1. The molecule has 0 aromatic carbocycles. The third-order valence-corrected chi connectivity index (χ3v) is 1.45. The van der Waals surface area contributed by atoms with Gasteiger partial charge in [-0.15, -0.1) is 0 Å². The number of halogens is 2. The number of nitrogen functional groups attached to an aromatic ring is 1. The Morgan fingerprint density at radius 3 is 2.64 bits per heavy atom. The molecular formula is C7H10F2N4O. The molecular weight excluding hydrogens is 194 g/mol. The Morgan fingerprint density at radius 1 is 1.43 bits per heavy atom. The van der Waals surface area contributed by atoms with Gasteiger partial charge >= 0.3 is 0 Å². The molecule has 0 bridgehead atoms. The van der Waals surface area contributed by atoms with Crippen molar-refractivity contribution in [2.24, 2.45) is 0 Å². The van der Waals surface area contributed by atoms with Crippen molar-refractivity contribution in [3.05, 3.63) is 12.4 Å². The number of hydrogen-bond acceptors (Lipinski definition) is 5. The topological polar surface area (TPSA) is 84.1 Å². The molecule has 1 unspecified atom stereocenters. The molecule has 1 aromatic heterocycles. The van der Waals surface area contributed by atoms with Crippen LogP contribution in [0.3, 0.4) is 0 Å². The Balaban J connectivity index is 2.42. The number of alkyl halides is 2. The van der Waals surface area contributed by atoms with Gasteiger partial charge in [0.15, 0.2) is 0 Å². The van der Waals surface area contributed by atoms with Crippen molar-refractivity contribution in [1.29, 1.82) is 0 Å². The molecule has 0 aliphatic heterocycles. The van der Waals surface area contributed by atoms with Crippen LogP contribution in [0.4, 0.5) is 20.4 Å². The smallest absolute Gasteiger partial charge is 0.265 e. The maximum absolute atomic E-state index is 11.8. The first-order chi connectivity index (χ1) is 6.59. The second-order valence-electron chi connectivity index (χ2n) is 2.61. The average molecular weight is 204 g/mol. The molecule has 0 saturated heterocycles. The van der Waals surface area contributed by atoms with Gasteiger partial charge in [0.1, 0.15) is 17.7 Å². The Hall–Kier alpha value is -1.50. The van der Waals surface area contributed by atoms with Gasteiger partial charge in [-0.2, -0.15) is 0 Å². The summed E-state index contributed by atoms with van der Waals surface area (Å²) in [6.07, 6.45) is -1.90. The van der Waals surface area contributed by atoms with Crippen LogP contribution in [0.2, 0.25) is 0 Å². The quantitative estimate of drug-likeness (QED) is 0.647. The number of aromatic nitrogens is 2. The monoisotopic (exact) mass is 204 g/mol. The predicted octanol–water partition coefficient (Wildman–Crippen LogP) is 0.0967. The summed E-state index contributed by atoms with van der Waals surface area (Å²) in [7, 11) is 0. The summed E-state index contributed by atoms with van der Waals surface area (Å²) in [6.45, 7) is -0.281. The molecule has 4 N–H and O–H groups in total. The molecule has 0 amide bonds. The molecule has 0 saturated carbocycles. The molecule has 5 nitrogen and oxygen atoms in total. The van der Waals surface area contributed by atoms with E-state index in [2.05, 4.69) is 15.3 Å². The van der Waals surface area contributed by atoms with E-state index in [9.17, 15) is 8.78 Å². The predicted molar refractivity (Wildman–Crippen MR) is 46.9 cm³/mol. The second-order valence-corrected chi connectivity index (χ2v) is 2.61. The van der Waals surface area contributed by atoms with Crippen molar-refractivity contribution in [2.45, 2.75) is 12.5 Å². The minimum atomic E-state index is -2.77. The highest BCUT2D eigenvalue weighted by Gasteiger charge is 2.16. The standard InChI is InChI=1S/C7H10F2N4O/c8-7(9)4(14)1-12-6-3-11-5(10)2-13-6/h2-4,7,14H,1H2,(H2,10,11)(H,12,13). The number of nitrogens with zero attached hydrogens (tertiary/aromatic N) is 2. The molecule has 1 atom stereocenters. The lowest BCUT2D eigenvalue weighted by Gasteiger charge is -2.10. The summed E-state index contributed by atoms with van der Waals surface area (Å²) in [5.41, 5.74) is 5.26. The van der Waals surface area contributed by atoms with Crippen LogP contribution in [0.5, 0.6) is 0 Å². The molecule has 78 valence electrons. The van der Waals surface area contributed by atoms with E-state index in [1.165, 1.54) is 12.4 Å². The van der Waals surface area contributed by atoms with Gasteiger partial charge < -0.3 is 16.2 Å². The van der Waals surface area contributed by atoms with E-state index in [1.54, 1.807) is 0 Å². The molecule has 0 radical (unpaired) electrons. The van der Waals surface area contributed by atoms with Crippen LogP contribution in [0.25, 0.3) is 0 Å². The molecule has 7 heteroatoms. The third-order valence-electron chi connectivity index (χ3n) is 1.45. The highest BCUT2D eigenvalue weighted by Crippen LogP contribution is 2.04. The molecule has 0 spiro atoms. The van der Waals surface area contributed by atoms with E-state index in [0.29, 0.717) is 5.82 Å². The zero-order chi connectivity index (χ0) is 10.6. The summed E-state index contributed by atoms with van der Waals surface area (Å²) < 4.78 is 23.7. The van der Waals surface area contributed by atoms with Crippen molar-refractivity contribution in [2.75, 3.05) is 17.6 Å². The van der Waals surface area contributed by atoms with Crippen LogP contribution in [-0.4, -0.2) is 34.1 Å². The van der Waals surface area contributed by atoms with Crippen LogP contribution in [0.1, 0.15) is 0 Å². The van der Waals surface area contributed by atoms with Crippen LogP contribution in [0.15, 0.2) is 12.4 Å². The molecule has 0 aliphatic rings. The lowest BCUT2D eigenvalue weighted by atomic mass is 10.4. The molecule has 1 heterocycles. The first-order valence-corrected chi connectivity index (χ1v) is 3.87. The number of aliphatic hydroxyl groups is 1. The van der Waals surface area contributed by atoms with Gasteiger partial charge in [-0.3, -0.25) is 0 Å². The Morgan fingerprint density at radius 2 is 2.14 bits per heavy atom. The first kappa shape index (κ1) is 10.6. The highest BCUT2D eigenvalue weighted by molar-refractivity contribution is 5.35. The molecule has 1 rings (SSSR count). The van der Waals surface area contributed by atoms with Gasteiger partial charge in [-0.1, -0.05) is 0 Å². The van der Waals surface area contributed by atoms with E-state index in [4.69, 9.17) is 10.8 Å². The fraction of sp³-hybridized carbons (Fsp3) is 0.429. The largest absolute Gasteiger partial charge is 0.385 e. The van der Waals surface area contributed by atoms with Crippen LogP contribution < -0.4 is 11.1 Å². The van der Waals surface area contributed by atoms with Gasteiger partial charge in [0.25, 0.3) is 6.43 Å². The third kappa shape index (κ3) is 3.09. The van der Waals surface area contributed by atoms with Gasteiger partial charge in [0.05, 0.1) is 12.4 Å².